The summed E-state index contributed by atoms with van der Waals surface area (Å²) in [4.78, 5) is 28.8. The van der Waals surface area contributed by atoms with Crippen LogP contribution in [-0.4, -0.2) is 58.6 Å². The first-order valence-corrected chi connectivity index (χ1v) is 9.82. The number of ether oxygens (including phenoxy) is 2. The molecule has 3 aromatic heterocycles. The molecule has 4 rings (SSSR count). The normalized spacial score (nSPS) is 12.2. The van der Waals surface area contributed by atoms with Gasteiger partial charge in [-0.3, -0.25) is 13.9 Å². The molecule has 1 N–H and O–H groups in total. The second kappa shape index (κ2) is 8.67. The minimum absolute atomic E-state index is 0.0811. The number of imidazole rings is 1. The number of hydrogen-bond donors (Lipinski definition) is 1. The molecule has 32 heavy (non-hydrogen) atoms. The lowest BCUT2D eigenvalue weighted by Crippen LogP contribution is -2.37. The molecule has 0 aliphatic carbocycles. The van der Waals surface area contributed by atoms with E-state index in [9.17, 15) is 14.7 Å². The Morgan fingerprint density at radius 1 is 1.09 bits per heavy atom. The third-order valence-corrected chi connectivity index (χ3v) is 5.04. The summed E-state index contributed by atoms with van der Waals surface area (Å²) in [6.45, 7) is 0.504. The largest absolute Gasteiger partial charge is 0.497 e. The summed E-state index contributed by atoms with van der Waals surface area (Å²) in [7, 11) is 4.57. The predicted octanol–water partition coefficient (Wildman–Crippen LogP) is -0.478. The molecular weight excluding hydrogens is 418 g/mol. The summed E-state index contributed by atoms with van der Waals surface area (Å²) in [6, 6.07) is 7.07. The van der Waals surface area contributed by atoms with E-state index in [0.717, 1.165) is 10.3 Å². The molecule has 4 aromatic rings. The fourth-order valence-electron chi connectivity index (χ4n) is 3.32. The van der Waals surface area contributed by atoms with Crippen LogP contribution in [0.25, 0.3) is 11.2 Å². The first-order chi connectivity index (χ1) is 15.4. The Labute approximate surface area is 181 Å². The van der Waals surface area contributed by atoms with E-state index in [4.69, 9.17) is 9.47 Å². The first kappa shape index (κ1) is 21.3. The van der Waals surface area contributed by atoms with Gasteiger partial charge in [-0.1, -0.05) is 5.21 Å². The summed E-state index contributed by atoms with van der Waals surface area (Å²) < 4.78 is 16.2. The van der Waals surface area contributed by atoms with Gasteiger partial charge in [0.15, 0.2) is 11.2 Å². The predicted molar refractivity (Wildman–Crippen MR) is 114 cm³/mol. The van der Waals surface area contributed by atoms with Crippen molar-refractivity contribution < 1.29 is 14.6 Å². The van der Waals surface area contributed by atoms with Crippen LogP contribution in [0.2, 0.25) is 0 Å². The number of aliphatic hydroxyl groups excluding tert-OH is 1. The second-order valence-corrected chi connectivity index (χ2v) is 7.32. The highest BCUT2D eigenvalue weighted by Crippen LogP contribution is 2.17. The van der Waals surface area contributed by atoms with E-state index in [1.165, 1.54) is 22.6 Å². The number of methoxy groups -OCH3 is 1. The van der Waals surface area contributed by atoms with Crippen molar-refractivity contribution in [2.75, 3.05) is 13.7 Å². The Bertz CT molecular complexity index is 1350. The standard InChI is InChI=1S/C20H23N7O5/c1-24-18-17(19(29)25(2)20(24)30)26(12-21-18)8-13-9-27(23-22-13)10-14(28)11-32-16-6-4-15(31-3)5-7-16/h4-7,9,12,14,28H,8,10-11H2,1-3H3. The molecule has 3 heterocycles. The van der Waals surface area contributed by atoms with Gasteiger partial charge in [0, 0.05) is 14.1 Å². The van der Waals surface area contributed by atoms with Crippen molar-refractivity contribution in [3.8, 4) is 11.5 Å². The average Bonchev–Trinajstić information content (AvgIpc) is 3.42. The lowest BCUT2D eigenvalue weighted by atomic mass is 10.3. The lowest BCUT2D eigenvalue weighted by Gasteiger charge is -2.12. The SMILES string of the molecule is COc1ccc(OCC(O)Cn2cc(Cn3cnc4c3c(=O)n(C)c(=O)n4C)nn2)cc1. The number of fused-ring (bicyclic) bond motifs is 1. The van der Waals surface area contributed by atoms with Crippen LogP contribution >= 0.6 is 0 Å². The Kier molecular flexibility index (Phi) is 5.77. The molecule has 168 valence electrons. The average molecular weight is 441 g/mol. The highest BCUT2D eigenvalue weighted by molar-refractivity contribution is 5.70. The number of benzene rings is 1. The van der Waals surface area contributed by atoms with Crippen molar-refractivity contribution in [1.29, 1.82) is 0 Å². The lowest BCUT2D eigenvalue weighted by molar-refractivity contribution is 0.0888. The summed E-state index contributed by atoms with van der Waals surface area (Å²) in [6.07, 6.45) is 2.36. The molecule has 1 atom stereocenters. The van der Waals surface area contributed by atoms with Gasteiger partial charge in [0.25, 0.3) is 5.56 Å². The van der Waals surface area contributed by atoms with E-state index in [1.807, 2.05) is 0 Å². The number of hydrogen-bond acceptors (Lipinski definition) is 8. The van der Waals surface area contributed by atoms with Crippen LogP contribution in [0, 0.1) is 0 Å². The number of aryl methyl sites for hydroxylation is 1. The Morgan fingerprint density at radius 2 is 1.81 bits per heavy atom. The Balaban J connectivity index is 1.42. The van der Waals surface area contributed by atoms with Crippen molar-refractivity contribution in [3.05, 3.63) is 63.3 Å². The van der Waals surface area contributed by atoms with E-state index in [2.05, 4.69) is 15.3 Å². The van der Waals surface area contributed by atoms with Crippen LogP contribution in [-0.2, 0) is 27.2 Å². The summed E-state index contributed by atoms with van der Waals surface area (Å²) >= 11 is 0. The van der Waals surface area contributed by atoms with Gasteiger partial charge in [0.1, 0.15) is 29.9 Å². The zero-order valence-corrected chi connectivity index (χ0v) is 17.9. The summed E-state index contributed by atoms with van der Waals surface area (Å²) in [5, 5.41) is 18.4. The van der Waals surface area contributed by atoms with E-state index in [-0.39, 0.29) is 19.7 Å². The summed E-state index contributed by atoms with van der Waals surface area (Å²) in [5.74, 6) is 1.34. The Morgan fingerprint density at radius 3 is 2.53 bits per heavy atom. The van der Waals surface area contributed by atoms with Crippen LogP contribution < -0.4 is 20.7 Å². The Hall–Kier alpha value is -3.93. The molecule has 12 nitrogen and oxygen atoms in total. The summed E-state index contributed by atoms with van der Waals surface area (Å²) in [5.41, 5.74) is 0.306. The number of rotatable bonds is 8. The maximum absolute atomic E-state index is 12.5. The van der Waals surface area contributed by atoms with Crippen LogP contribution in [0.3, 0.4) is 0 Å². The molecule has 1 unspecified atom stereocenters. The van der Waals surface area contributed by atoms with E-state index >= 15 is 0 Å². The van der Waals surface area contributed by atoms with Crippen LogP contribution in [0.4, 0.5) is 0 Å². The molecule has 0 saturated carbocycles. The number of aromatic nitrogens is 7. The molecule has 0 bridgehead atoms. The zero-order chi connectivity index (χ0) is 22.8. The van der Waals surface area contributed by atoms with Gasteiger partial charge < -0.3 is 19.1 Å². The molecule has 12 heteroatoms. The third-order valence-electron chi connectivity index (χ3n) is 5.04. The van der Waals surface area contributed by atoms with E-state index < -0.39 is 17.4 Å². The number of nitrogens with zero attached hydrogens (tertiary/aromatic N) is 7. The molecule has 0 aliphatic heterocycles. The topological polar surface area (TPSA) is 131 Å². The highest BCUT2D eigenvalue weighted by atomic mass is 16.5. The molecule has 0 saturated heterocycles. The minimum Gasteiger partial charge on any atom is -0.497 e. The van der Waals surface area contributed by atoms with Crippen molar-refractivity contribution >= 4 is 11.2 Å². The zero-order valence-electron chi connectivity index (χ0n) is 17.9. The van der Waals surface area contributed by atoms with Crippen LogP contribution in [0.5, 0.6) is 11.5 Å². The van der Waals surface area contributed by atoms with E-state index in [0.29, 0.717) is 22.6 Å². The van der Waals surface area contributed by atoms with Gasteiger partial charge in [0.2, 0.25) is 0 Å². The quantitative estimate of drug-likeness (QED) is 0.388. The fraction of sp³-hybridized carbons (Fsp3) is 0.350. The van der Waals surface area contributed by atoms with Crippen molar-refractivity contribution in [1.82, 2.24) is 33.7 Å². The first-order valence-electron chi connectivity index (χ1n) is 9.82. The van der Waals surface area contributed by atoms with Gasteiger partial charge >= 0.3 is 5.69 Å². The molecule has 0 fully saturated rings. The smallest absolute Gasteiger partial charge is 0.332 e. The maximum Gasteiger partial charge on any atom is 0.332 e. The van der Waals surface area contributed by atoms with Gasteiger partial charge in [0.05, 0.1) is 32.7 Å². The number of aliphatic hydroxyl groups is 1. The molecule has 0 aliphatic rings. The van der Waals surface area contributed by atoms with Gasteiger partial charge in [-0.25, -0.2) is 14.5 Å². The van der Waals surface area contributed by atoms with Crippen molar-refractivity contribution in [2.24, 2.45) is 14.1 Å². The fourth-order valence-corrected chi connectivity index (χ4v) is 3.32. The third kappa shape index (κ3) is 4.12. The van der Waals surface area contributed by atoms with E-state index in [1.54, 1.807) is 49.2 Å². The van der Waals surface area contributed by atoms with Gasteiger partial charge in [-0.05, 0) is 24.3 Å². The minimum atomic E-state index is -0.803. The molecule has 0 amide bonds. The maximum atomic E-state index is 12.5. The van der Waals surface area contributed by atoms with Crippen molar-refractivity contribution in [3.63, 3.8) is 0 Å². The molecule has 0 spiro atoms. The molecular formula is C20H23N7O5. The monoisotopic (exact) mass is 441 g/mol. The highest BCUT2D eigenvalue weighted by Gasteiger charge is 2.16. The van der Waals surface area contributed by atoms with Gasteiger partial charge in [-0.15, -0.1) is 5.10 Å². The van der Waals surface area contributed by atoms with Crippen LogP contribution in [0.1, 0.15) is 5.69 Å². The molecule has 1 aromatic carbocycles. The molecule has 0 radical (unpaired) electrons. The second-order valence-electron chi connectivity index (χ2n) is 7.32. The van der Waals surface area contributed by atoms with Crippen LogP contribution in [0.15, 0.2) is 46.4 Å². The van der Waals surface area contributed by atoms with Gasteiger partial charge in [-0.2, -0.15) is 0 Å². The van der Waals surface area contributed by atoms with Crippen molar-refractivity contribution in [2.45, 2.75) is 19.2 Å².